The first-order valence-corrected chi connectivity index (χ1v) is 13.5. The summed E-state index contributed by atoms with van der Waals surface area (Å²) in [4.78, 5) is 64.3. The van der Waals surface area contributed by atoms with Gasteiger partial charge in [-0.15, -0.1) is 0 Å². The minimum absolute atomic E-state index is 0.0473. The number of esters is 2. The monoisotopic (exact) mass is 541 g/mol. The van der Waals surface area contributed by atoms with Crippen LogP contribution in [0.3, 0.4) is 0 Å². The van der Waals surface area contributed by atoms with Crippen molar-refractivity contribution in [1.82, 2.24) is 0 Å². The number of imide groups is 1. The molecule has 8 heteroatoms. The van der Waals surface area contributed by atoms with Gasteiger partial charge in [-0.2, -0.15) is 0 Å². The van der Waals surface area contributed by atoms with Crippen LogP contribution in [-0.4, -0.2) is 42.7 Å². The third-order valence-electron chi connectivity index (χ3n) is 6.64. The Morgan fingerprint density at radius 2 is 1.27 bits per heavy atom. The number of rotatable bonds is 13. The summed E-state index contributed by atoms with van der Waals surface area (Å²) in [6.07, 6.45) is 6.52. The van der Waals surface area contributed by atoms with E-state index in [0.29, 0.717) is 17.7 Å². The number of ether oxygens (including phenoxy) is 2. The highest BCUT2D eigenvalue weighted by atomic mass is 16.5. The first-order chi connectivity index (χ1) is 19.4. The van der Waals surface area contributed by atoms with E-state index in [1.807, 2.05) is 0 Å². The van der Waals surface area contributed by atoms with Crippen molar-refractivity contribution in [2.24, 2.45) is 0 Å². The Labute approximate surface area is 232 Å². The molecular weight excluding hydrogens is 510 g/mol. The van der Waals surface area contributed by atoms with Crippen molar-refractivity contribution in [3.8, 4) is 0 Å². The summed E-state index contributed by atoms with van der Waals surface area (Å²) < 4.78 is 10.5. The highest BCUT2D eigenvalue weighted by molar-refractivity contribution is 6.34. The first-order valence-electron chi connectivity index (χ1n) is 13.5. The Bertz CT molecular complexity index is 1400. The fraction of sp³-hybridized carbons (Fsp3) is 0.281. The van der Waals surface area contributed by atoms with Gasteiger partial charge < -0.3 is 9.47 Å². The molecule has 0 saturated carbocycles. The Morgan fingerprint density at radius 1 is 0.650 bits per heavy atom. The van der Waals surface area contributed by atoms with Gasteiger partial charge >= 0.3 is 11.9 Å². The minimum Gasteiger partial charge on any atom is -0.462 e. The standard InChI is InChI=1S/C32H31NO7/c1-2-3-4-5-6-10-19-39-31(37)23-13-16-25(17-14-23)33-29(35)26-18-15-24(20-27(26)30(33)36)32(38)40-21-28(34)22-11-8-7-9-12-22/h7-9,11-18,20H,2-6,10,19,21H2,1H3. The summed E-state index contributed by atoms with van der Waals surface area (Å²) in [5.41, 5.74) is 1.27. The van der Waals surface area contributed by atoms with Crippen LogP contribution >= 0.6 is 0 Å². The second-order valence-electron chi connectivity index (χ2n) is 9.52. The quantitative estimate of drug-likeness (QED) is 0.112. The van der Waals surface area contributed by atoms with E-state index in [9.17, 15) is 24.0 Å². The minimum atomic E-state index is -0.783. The van der Waals surface area contributed by atoms with Crippen LogP contribution in [-0.2, 0) is 9.47 Å². The van der Waals surface area contributed by atoms with E-state index in [2.05, 4.69) is 6.92 Å². The number of ketones is 1. The summed E-state index contributed by atoms with van der Waals surface area (Å²) in [5.74, 6) is -2.75. The normalized spacial score (nSPS) is 12.3. The lowest BCUT2D eigenvalue weighted by molar-refractivity contribution is 0.0473. The topological polar surface area (TPSA) is 107 Å². The molecule has 0 aromatic heterocycles. The number of nitrogens with zero attached hydrogens (tertiary/aromatic N) is 1. The SMILES string of the molecule is CCCCCCCCOC(=O)c1ccc(N2C(=O)c3ccc(C(=O)OCC(=O)c4ccccc4)cc3C2=O)cc1. The molecule has 1 aliphatic rings. The fourth-order valence-electron chi connectivity index (χ4n) is 4.40. The molecule has 0 radical (unpaired) electrons. The van der Waals surface area contributed by atoms with Gasteiger partial charge in [-0.25, -0.2) is 14.5 Å². The number of anilines is 1. The highest BCUT2D eigenvalue weighted by Gasteiger charge is 2.37. The molecule has 0 atom stereocenters. The summed E-state index contributed by atoms with van der Waals surface area (Å²) in [6, 6.07) is 18.5. The second-order valence-corrected chi connectivity index (χ2v) is 9.52. The number of fused-ring (bicyclic) bond motifs is 1. The Hall–Kier alpha value is -4.59. The largest absolute Gasteiger partial charge is 0.462 e. The van der Waals surface area contributed by atoms with E-state index in [-0.39, 0.29) is 28.2 Å². The Balaban J connectivity index is 1.35. The van der Waals surface area contributed by atoms with Crippen LogP contribution < -0.4 is 4.90 Å². The highest BCUT2D eigenvalue weighted by Crippen LogP contribution is 2.29. The average molecular weight is 542 g/mol. The number of hydrogen-bond acceptors (Lipinski definition) is 7. The zero-order valence-corrected chi connectivity index (χ0v) is 22.4. The molecule has 0 bridgehead atoms. The van der Waals surface area contributed by atoms with Crippen LogP contribution in [0.5, 0.6) is 0 Å². The van der Waals surface area contributed by atoms with E-state index in [4.69, 9.17) is 9.47 Å². The van der Waals surface area contributed by atoms with Crippen molar-refractivity contribution in [1.29, 1.82) is 0 Å². The van der Waals surface area contributed by atoms with Gasteiger partial charge in [-0.05, 0) is 48.9 Å². The fourth-order valence-corrected chi connectivity index (χ4v) is 4.40. The third kappa shape index (κ3) is 6.69. The van der Waals surface area contributed by atoms with Crippen LogP contribution in [0.1, 0.15) is 97.2 Å². The maximum Gasteiger partial charge on any atom is 0.338 e. The third-order valence-corrected chi connectivity index (χ3v) is 6.64. The van der Waals surface area contributed by atoms with Crippen molar-refractivity contribution < 1.29 is 33.4 Å². The van der Waals surface area contributed by atoms with Gasteiger partial charge in [0.25, 0.3) is 11.8 Å². The number of carbonyl (C=O) groups is 5. The average Bonchev–Trinajstić information content (AvgIpc) is 3.24. The maximum absolute atomic E-state index is 13.1. The lowest BCUT2D eigenvalue weighted by Gasteiger charge is -2.14. The summed E-state index contributed by atoms with van der Waals surface area (Å²) in [6.45, 7) is 2.05. The molecule has 40 heavy (non-hydrogen) atoms. The van der Waals surface area contributed by atoms with Crippen molar-refractivity contribution in [2.75, 3.05) is 18.1 Å². The van der Waals surface area contributed by atoms with Crippen LogP contribution in [0, 0.1) is 0 Å². The molecule has 3 aromatic carbocycles. The lowest BCUT2D eigenvalue weighted by Crippen LogP contribution is -2.29. The molecule has 206 valence electrons. The molecule has 2 amide bonds. The number of unbranched alkanes of at least 4 members (excludes halogenated alkanes) is 5. The molecule has 1 aliphatic heterocycles. The predicted octanol–water partition coefficient (Wildman–Crippen LogP) is 6.04. The molecule has 4 rings (SSSR count). The number of benzene rings is 3. The van der Waals surface area contributed by atoms with E-state index in [1.54, 1.807) is 30.3 Å². The lowest BCUT2D eigenvalue weighted by atomic mass is 10.1. The van der Waals surface area contributed by atoms with E-state index in [1.165, 1.54) is 61.7 Å². The van der Waals surface area contributed by atoms with Crippen LogP contribution in [0.2, 0.25) is 0 Å². The van der Waals surface area contributed by atoms with Gasteiger partial charge in [0.2, 0.25) is 0 Å². The van der Waals surface area contributed by atoms with Crippen LogP contribution in [0.4, 0.5) is 5.69 Å². The molecule has 8 nitrogen and oxygen atoms in total. The molecular formula is C32H31NO7. The summed E-state index contributed by atoms with van der Waals surface area (Å²) in [5, 5.41) is 0. The molecule has 0 unspecified atom stereocenters. The molecule has 0 spiro atoms. The van der Waals surface area contributed by atoms with Gasteiger partial charge in [0, 0.05) is 5.56 Å². The van der Waals surface area contributed by atoms with Crippen molar-refractivity contribution in [2.45, 2.75) is 45.4 Å². The van der Waals surface area contributed by atoms with Crippen molar-refractivity contribution in [3.63, 3.8) is 0 Å². The van der Waals surface area contributed by atoms with E-state index >= 15 is 0 Å². The molecule has 1 heterocycles. The van der Waals surface area contributed by atoms with Gasteiger partial charge in [-0.3, -0.25) is 14.4 Å². The van der Waals surface area contributed by atoms with Crippen molar-refractivity contribution in [3.05, 3.63) is 101 Å². The number of hydrogen-bond donors (Lipinski definition) is 0. The van der Waals surface area contributed by atoms with E-state index in [0.717, 1.165) is 24.2 Å². The zero-order chi connectivity index (χ0) is 28.5. The molecule has 0 N–H and O–H groups in total. The second kappa shape index (κ2) is 13.5. The van der Waals surface area contributed by atoms with Gasteiger partial charge in [0.05, 0.1) is 34.5 Å². The maximum atomic E-state index is 13.1. The molecule has 0 aliphatic carbocycles. The number of amides is 2. The molecule has 0 saturated heterocycles. The first kappa shape index (κ1) is 28.4. The number of Topliss-reactive ketones (excluding diaryl/α,β-unsaturated/α-hetero) is 1. The van der Waals surface area contributed by atoms with E-state index < -0.39 is 30.4 Å². The smallest absolute Gasteiger partial charge is 0.338 e. The summed E-state index contributed by atoms with van der Waals surface area (Å²) >= 11 is 0. The van der Waals surface area contributed by atoms with Crippen LogP contribution in [0.25, 0.3) is 0 Å². The van der Waals surface area contributed by atoms with Gasteiger partial charge in [0.15, 0.2) is 12.4 Å². The van der Waals surface area contributed by atoms with Crippen molar-refractivity contribution >= 4 is 35.2 Å². The van der Waals surface area contributed by atoms with Gasteiger partial charge in [0.1, 0.15) is 0 Å². The molecule has 0 fully saturated rings. The van der Waals surface area contributed by atoms with Crippen LogP contribution in [0.15, 0.2) is 72.8 Å². The predicted molar refractivity (Wildman–Crippen MR) is 149 cm³/mol. The zero-order valence-electron chi connectivity index (χ0n) is 22.4. The Kier molecular flexibility index (Phi) is 9.57. The van der Waals surface area contributed by atoms with Gasteiger partial charge in [-0.1, -0.05) is 69.4 Å². The number of carbonyl (C=O) groups excluding carboxylic acids is 5. The Morgan fingerprint density at radius 3 is 2.00 bits per heavy atom. The summed E-state index contributed by atoms with van der Waals surface area (Å²) in [7, 11) is 0. The molecule has 3 aromatic rings.